The molecule has 0 atom stereocenters. The van der Waals surface area contributed by atoms with Crippen molar-refractivity contribution in [2.75, 3.05) is 43.9 Å². The Bertz CT molecular complexity index is 1700. The van der Waals surface area contributed by atoms with Gasteiger partial charge in [0.15, 0.2) is 15.7 Å². The van der Waals surface area contributed by atoms with E-state index in [1.165, 1.54) is 6.20 Å². The molecular formula is C31H38ClN7O3S2. The molecular weight excluding hydrogens is 618 g/mol. The molecule has 3 heterocycles. The number of para-hydroxylation sites is 1. The van der Waals surface area contributed by atoms with Crippen molar-refractivity contribution in [2.24, 2.45) is 0 Å². The van der Waals surface area contributed by atoms with Crippen LogP contribution in [0, 0.1) is 0 Å². The van der Waals surface area contributed by atoms with E-state index in [9.17, 15) is 8.42 Å². The zero-order valence-corrected chi connectivity index (χ0v) is 27.9. The van der Waals surface area contributed by atoms with E-state index in [2.05, 4.69) is 42.8 Å². The molecule has 10 nitrogen and oxygen atoms in total. The molecule has 1 aliphatic rings. The lowest BCUT2D eigenvalue weighted by Crippen LogP contribution is -2.43. The second-order valence-corrected chi connectivity index (χ2v) is 15.1. The highest BCUT2D eigenvalue weighted by atomic mass is 35.5. The zero-order chi connectivity index (χ0) is 31.4. The molecule has 0 amide bonds. The smallest absolute Gasteiger partial charge is 0.229 e. The Balaban J connectivity index is 1.37. The van der Waals surface area contributed by atoms with Crippen LogP contribution in [-0.4, -0.2) is 77.8 Å². The van der Waals surface area contributed by atoms with E-state index in [1.54, 1.807) is 49.4 Å². The Morgan fingerprint density at radius 2 is 1.75 bits per heavy atom. The van der Waals surface area contributed by atoms with Gasteiger partial charge >= 0.3 is 0 Å². The monoisotopic (exact) mass is 655 g/mol. The van der Waals surface area contributed by atoms with E-state index in [0.717, 1.165) is 49.0 Å². The summed E-state index contributed by atoms with van der Waals surface area (Å²) in [6.07, 6.45) is 1.39. The molecule has 2 aromatic heterocycles. The minimum Gasteiger partial charge on any atom is -0.489 e. The van der Waals surface area contributed by atoms with Gasteiger partial charge in [0.25, 0.3) is 0 Å². The van der Waals surface area contributed by atoms with E-state index >= 15 is 0 Å². The molecule has 1 aliphatic heterocycles. The van der Waals surface area contributed by atoms with Gasteiger partial charge in [-0.15, -0.1) is 11.3 Å². The summed E-state index contributed by atoms with van der Waals surface area (Å²) in [4.78, 5) is 18.8. The summed E-state index contributed by atoms with van der Waals surface area (Å²) in [6, 6.07) is 12.6. The van der Waals surface area contributed by atoms with Gasteiger partial charge in [0, 0.05) is 43.7 Å². The molecule has 1 fully saturated rings. The Labute approximate surface area is 268 Å². The average molecular weight is 656 g/mol. The van der Waals surface area contributed by atoms with Crippen molar-refractivity contribution < 1.29 is 13.2 Å². The minimum atomic E-state index is -3.54. The fraction of sp³-hybridized carbons (Fsp3) is 0.387. The minimum absolute atomic E-state index is 0.0716. The number of nitrogens with one attached hydrogen (secondary N) is 2. The number of nitrogens with zero attached hydrogens (tertiary/aromatic N) is 5. The molecule has 0 unspecified atom stereocenters. The molecule has 2 aromatic carbocycles. The number of ether oxygens (including phenoxy) is 1. The number of aromatic nitrogens is 3. The van der Waals surface area contributed by atoms with Crippen molar-refractivity contribution in [2.45, 2.75) is 50.5 Å². The van der Waals surface area contributed by atoms with Gasteiger partial charge in [-0.05, 0) is 65.1 Å². The third-order valence-electron chi connectivity index (χ3n) is 7.18. The largest absolute Gasteiger partial charge is 0.489 e. The number of halogens is 1. The molecule has 13 heteroatoms. The van der Waals surface area contributed by atoms with Crippen molar-refractivity contribution in [3.63, 3.8) is 0 Å². The van der Waals surface area contributed by atoms with Gasteiger partial charge in [-0.3, -0.25) is 4.90 Å². The summed E-state index contributed by atoms with van der Waals surface area (Å²) in [6.45, 7) is 12.3. The summed E-state index contributed by atoms with van der Waals surface area (Å²) in [5, 5.41) is 9.06. The highest BCUT2D eigenvalue weighted by Crippen LogP contribution is 2.36. The molecule has 5 rings (SSSR count). The molecule has 0 saturated carbocycles. The quantitative estimate of drug-likeness (QED) is 0.187. The van der Waals surface area contributed by atoms with Gasteiger partial charge in [0.1, 0.15) is 15.8 Å². The van der Waals surface area contributed by atoms with Crippen LogP contribution >= 0.6 is 22.9 Å². The normalized spacial score (nSPS) is 14.7. The Kier molecular flexibility index (Phi) is 10.1. The number of piperazine rings is 1. The van der Waals surface area contributed by atoms with Crippen LogP contribution in [0.2, 0.25) is 5.02 Å². The van der Waals surface area contributed by atoms with E-state index in [1.807, 2.05) is 32.0 Å². The number of hydrogen-bond acceptors (Lipinski definition) is 11. The van der Waals surface area contributed by atoms with Crippen molar-refractivity contribution >= 4 is 55.9 Å². The van der Waals surface area contributed by atoms with E-state index < -0.39 is 15.1 Å². The summed E-state index contributed by atoms with van der Waals surface area (Å²) in [5.74, 6) is 1.18. The van der Waals surface area contributed by atoms with Gasteiger partial charge < -0.3 is 20.3 Å². The standard InChI is InChI=1S/C31H38ClN7O3S2/c1-20(2)42-27-16-22(30-34-23(19-43-30)18-39-14-12-38(5)13-15-39)10-11-25(27)36-31-33-17-24(32)29(37-31)35-26-8-6-7-9-28(26)44(40,41)21(3)4/h6-11,16-17,19-21H,12-15,18H2,1-5H3,(H2,33,35,36,37). The van der Waals surface area contributed by atoms with Crippen molar-refractivity contribution in [1.82, 2.24) is 24.8 Å². The van der Waals surface area contributed by atoms with Gasteiger partial charge in [-0.25, -0.2) is 18.4 Å². The third kappa shape index (κ3) is 7.67. The van der Waals surface area contributed by atoms with Gasteiger partial charge in [0.05, 0.1) is 39.5 Å². The molecule has 4 aromatic rings. The second kappa shape index (κ2) is 13.8. The lowest BCUT2D eigenvalue weighted by Gasteiger charge is -2.31. The van der Waals surface area contributed by atoms with E-state index in [4.69, 9.17) is 21.3 Å². The summed E-state index contributed by atoms with van der Waals surface area (Å²) in [5.41, 5.74) is 3.09. The SMILES string of the molecule is CC(C)Oc1cc(-c2nc(CN3CCN(C)CC3)cs2)ccc1Nc1ncc(Cl)c(Nc2ccccc2S(=O)(=O)C(C)C)n1. The van der Waals surface area contributed by atoms with Gasteiger partial charge in [-0.1, -0.05) is 23.7 Å². The van der Waals surface area contributed by atoms with Crippen LogP contribution < -0.4 is 15.4 Å². The van der Waals surface area contributed by atoms with Crippen LogP contribution in [0.25, 0.3) is 10.6 Å². The van der Waals surface area contributed by atoms with Crippen molar-refractivity contribution in [1.29, 1.82) is 0 Å². The zero-order valence-electron chi connectivity index (χ0n) is 25.5. The average Bonchev–Trinajstić information content (AvgIpc) is 3.45. The van der Waals surface area contributed by atoms with Crippen LogP contribution in [0.4, 0.5) is 23.1 Å². The third-order valence-corrected chi connectivity index (χ3v) is 10.6. The van der Waals surface area contributed by atoms with Crippen LogP contribution in [0.3, 0.4) is 0 Å². The molecule has 1 saturated heterocycles. The van der Waals surface area contributed by atoms with Crippen LogP contribution in [0.5, 0.6) is 5.75 Å². The first-order valence-electron chi connectivity index (χ1n) is 14.6. The van der Waals surface area contributed by atoms with Crippen LogP contribution in [0.15, 0.2) is 58.9 Å². The number of benzene rings is 2. The maximum Gasteiger partial charge on any atom is 0.229 e. The highest BCUT2D eigenvalue weighted by molar-refractivity contribution is 7.92. The van der Waals surface area contributed by atoms with E-state index in [-0.39, 0.29) is 27.8 Å². The summed E-state index contributed by atoms with van der Waals surface area (Å²) >= 11 is 8.06. The van der Waals surface area contributed by atoms with Crippen molar-refractivity contribution in [3.05, 3.63) is 64.8 Å². The topological polar surface area (TPSA) is 113 Å². The molecule has 2 N–H and O–H groups in total. The van der Waals surface area contributed by atoms with Crippen LogP contribution in [-0.2, 0) is 16.4 Å². The number of likely N-dealkylation sites (N-methyl/N-ethyl adjacent to an activating group) is 1. The first-order chi connectivity index (χ1) is 21.0. The molecule has 0 radical (unpaired) electrons. The van der Waals surface area contributed by atoms with Crippen molar-refractivity contribution in [3.8, 4) is 16.3 Å². The highest BCUT2D eigenvalue weighted by Gasteiger charge is 2.23. The maximum atomic E-state index is 13.0. The van der Waals surface area contributed by atoms with Crippen LogP contribution in [0.1, 0.15) is 33.4 Å². The Morgan fingerprint density at radius 1 is 1.00 bits per heavy atom. The fourth-order valence-electron chi connectivity index (χ4n) is 4.69. The number of sulfone groups is 1. The number of hydrogen-bond donors (Lipinski definition) is 2. The number of rotatable bonds is 11. The first kappa shape index (κ1) is 32.1. The Hall–Kier alpha value is -3.29. The lowest BCUT2D eigenvalue weighted by molar-refractivity contribution is 0.147. The molecule has 0 bridgehead atoms. The Morgan fingerprint density at radius 3 is 2.48 bits per heavy atom. The number of anilines is 4. The molecule has 0 aliphatic carbocycles. The summed E-state index contributed by atoms with van der Waals surface area (Å²) < 4.78 is 32.1. The van der Waals surface area contributed by atoms with Gasteiger partial charge in [-0.2, -0.15) is 4.98 Å². The predicted octanol–water partition coefficient (Wildman–Crippen LogP) is 6.46. The second-order valence-electron chi connectivity index (χ2n) is 11.3. The molecule has 0 spiro atoms. The maximum absolute atomic E-state index is 13.0. The van der Waals surface area contributed by atoms with E-state index in [0.29, 0.717) is 17.1 Å². The first-order valence-corrected chi connectivity index (χ1v) is 17.4. The predicted molar refractivity (Wildman–Crippen MR) is 178 cm³/mol. The molecule has 234 valence electrons. The number of thiazole rings is 1. The van der Waals surface area contributed by atoms with Gasteiger partial charge in [0.2, 0.25) is 5.95 Å². The molecule has 44 heavy (non-hydrogen) atoms. The fourth-order valence-corrected chi connectivity index (χ4v) is 6.84. The summed E-state index contributed by atoms with van der Waals surface area (Å²) in [7, 11) is -1.38. The lowest BCUT2D eigenvalue weighted by atomic mass is 10.2.